The minimum atomic E-state index is -0.781. The molecule has 0 aliphatic carbocycles. The normalized spacial score (nSPS) is 12.4. The second-order valence-corrected chi connectivity index (χ2v) is 4.22. The van der Waals surface area contributed by atoms with Crippen LogP contribution in [0.4, 0.5) is 4.39 Å². The van der Waals surface area contributed by atoms with E-state index >= 15 is 0 Å². The molecule has 2 rings (SSSR count). The number of pyridine rings is 1. The molecular formula is C13H11ClFNO. The van der Waals surface area contributed by atoms with Crippen LogP contribution in [-0.2, 0) is 6.42 Å². The van der Waals surface area contributed by atoms with Gasteiger partial charge in [0.1, 0.15) is 5.82 Å². The third-order valence-corrected chi connectivity index (χ3v) is 2.66. The summed E-state index contributed by atoms with van der Waals surface area (Å²) in [7, 11) is 0. The van der Waals surface area contributed by atoms with Crippen LogP contribution in [-0.4, -0.2) is 10.1 Å². The molecule has 1 aromatic carbocycles. The Morgan fingerprint density at radius 3 is 2.82 bits per heavy atom. The average Bonchev–Trinajstić information content (AvgIpc) is 2.29. The van der Waals surface area contributed by atoms with E-state index in [0.717, 1.165) is 11.8 Å². The number of hydrogen-bond acceptors (Lipinski definition) is 2. The Morgan fingerprint density at radius 1 is 1.29 bits per heavy atom. The Bertz CT molecular complexity index is 518. The van der Waals surface area contributed by atoms with Gasteiger partial charge in [-0.2, -0.15) is 0 Å². The molecule has 2 nitrogen and oxygen atoms in total. The predicted molar refractivity (Wildman–Crippen MR) is 64.3 cm³/mol. The summed E-state index contributed by atoms with van der Waals surface area (Å²) in [5, 5.41) is 10.6. The van der Waals surface area contributed by atoms with E-state index in [9.17, 15) is 9.50 Å². The molecular weight excluding hydrogens is 241 g/mol. The van der Waals surface area contributed by atoms with Gasteiger partial charge in [0, 0.05) is 23.2 Å². The lowest BCUT2D eigenvalue weighted by atomic mass is 10.0. The van der Waals surface area contributed by atoms with Crippen molar-refractivity contribution in [2.45, 2.75) is 12.5 Å². The van der Waals surface area contributed by atoms with E-state index < -0.39 is 11.9 Å². The van der Waals surface area contributed by atoms with E-state index in [1.807, 2.05) is 12.1 Å². The van der Waals surface area contributed by atoms with Gasteiger partial charge in [-0.15, -0.1) is 0 Å². The number of aliphatic hydroxyl groups excluding tert-OH is 1. The van der Waals surface area contributed by atoms with Gasteiger partial charge in [-0.25, -0.2) is 4.39 Å². The Hall–Kier alpha value is -1.45. The zero-order valence-electron chi connectivity index (χ0n) is 8.98. The highest BCUT2D eigenvalue weighted by Gasteiger charge is 2.10. The highest BCUT2D eigenvalue weighted by atomic mass is 35.5. The van der Waals surface area contributed by atoms with E-state index in [2.05, 4.69) is 4.98 Å². The first-order valence-corrected chi connectivity index (χ1v) is 5.56. The van der Waals surface area contributed by atoms with Gasteiger partial charge in [0.15, 0.2) is 0 Å². The maximum absolute atomic E-state index is 12.9. The first kappa shape index (κ1) is 12.0. The van der Waals surface area contributed by atoms with Crippen molar-refractivity contribution < 1.29 is 9.50 Å². The summed E-state index contributed by atoms with van der Waals surface area (Å²) in [6, 6.07) is 8.50. The van der Waals surface area contributed by atoms with Crippen molar-refractivity contribution in [3.8, 4) is 0 Å². The van der Waals surface area contributed by atoms with E-state index in [4.69, 9.17) is 11.6 Å². The van der Waals surface area contributed by atoms with Crippen molar-refractivity contribution in [3.63, 3.8) is 0 Å². The number of aromatic nitrogens is 1. The molecule has 0 bridgehead atoms. The van der Waals surface area contributed by atoms with Gasteiger partial charge < -0.3 is 5.11 Å². The van der Waals surface area contributed by atoms with Gasteiger partial charge in [0.2, 0.25) is 0 Å². The lowest BCUT2D eigenvalue weighted by molar-refractivity contribution is 0.177. The molecule has 1 atom stereocenters. The molecule has 0 saturated carbocycles. The van der Waals surface area contributed by atoms with E-state index in [1.165, 1.54) is 12.3 Å². The second-order valence-electron chi connectivity index (χ2n) is 3.79. The number of halogens is 2. The maximum atomic E-state index is 12.9. The highest BCUT2D eigenvalue weighted by molar-refractivity contribution is 6.30. The summed E-state index contributed by atoms with van der Waals surface area (Å²) < 4.78 is 12.9. The molecule has 1 aromatic heterocycles. The third kappa shape index (κ3) is 3.25. The largest absolute Gasteiger partial charge is 0.388 e. The number of nitrogens with zero attached hydrogens (tertiary/aromatic N) is 1. The smallest absolute Gasteiger partial charge is 0.141 e. The van der Waals surface area contributed by atoms with Crippen LogP contribution in [0, 0.1) is 5.82 Å². The predicted octanol–water partition coefficient (Wildman–Crippen LogP) is 3.15. The molecule has 1 unspecified atom stereocenters. The number of rotatable bonds is 3. The SMILES string of the molecule is OC(Cc1cccc(Cl)c1)c1cncc(F)c1. The first-order valence-electron chi connectivity index (χ1n) is 5.18. The molecule has 0 fully saturated rings. The second kappa shape index (κ2) is 5.25. The minimum Gasteiger partial charge on any atom is -0.388 e. The van der Waals surface area contributed by atoms with Crippen molar-refractivity contribution >= 4 is 11.6 Å². The van der Waals surface area contributed by atoms with Crippen LogP contribution in [0.2, 0.25) is 5.02 Å². The summed E-state index contributed by atoms with van der Waals surface area (Å²) in [6.45, 7) is 0. The molecule has 0 saturated heterocycles. The van der Waals surface area contributed by atoms with E-state index in [-0.39, 0.29) is 0 Å². The lowest BCUT2D eigenvalue weighted by Gasteiger charge is -2.10. The topological polar surface area (TPSA) is 33.1 Å². The van der Waals surface area contributed by atoms with Crippen molar-refractivity contribution in [2.24, 2.45) is 0 Å². The number of hydrogen-bond donors (Lipinski definition) is 1. The highest BCUT2D eigenvalue weighted by Crippen LogP contribution is 2.20. The van der Waals surface area contributed by atoms with Crippen LogP contribution in [0.15, 0.2) is 42.7 Å². The Morgan fingerprint density at radius 2 is 2.12 bits per heavy atom. The molecule has 0 spiro atoms. The average molecular weight is 252 g/mol. The van der Waals surface area contributed by atoms with Crippen LogP contribution >= 0.6 is 11.6 Å². The lowest BCUT2D eigenvalue weighted by Crippen LogP contribution is -2.02. The minimum absolute atomic E-state index is 0.381. The zero-order valence-corrected chi connectivity index (χ0v) is 9.73. The molecule has 4 heteroatoms. The molecule has 1 N–H and O–H groups in total. The van der Waals surface area contributed by atoms with Crippen molar-refractivity contribution in [2.75, 3.05) is 0 Å². The fraction of sp³-hybridized carbons (Fsp3) is 0.154. The molecule has 1 heterocycles. The molecule has 0 aliphatic rings. The number of benzene rings is 1. The zero-order chi connectivity index (χ0) is 12.3. The van der Waals surface area contributed by atoms with Crippen LogP contribution in [0.1, 0.15) is 17.2 Å². The number of aliphatic hydroxyl groups is 1. The fourth-order valence-electron chi connectivity index (χ4n) is 1.62. The Kier molecular flexibility index (Phi) is 3.71. The first-order chi connectivity index (χ1) is 8.15. The van der Waals surface area contributed by atoms with E-state index in [1.54, 1.807) is 12.1 Å². The van der Waals surface area contributed by atoms with Crippen LogP contribution in [0.25, 0.3) is 0 Å². The molecule has 0 amide bonds. The van der Waals surface area contributed by atoms with Gasteiger partial charge >= 0.3 is 0 Å². The summed E-state index contributed by atoms with van der Waals surface area (Å²) in [5.74, 6) is -0.451. The van der Waals surface area contributed by atoms with Gasteiger partial charge in [0.25, 0.3) is 0 Å². The summed E-state index contributed by atoms with van der Waals surface area (Å²) in [4.78, 5) is 3.70. The standard InChI is InChI=1S/C13H11ClFNO/c14-11-3-1-2-9(4-11)5-13(17)10-6-12(15)8-16-7-10/h1-4,6-8,13,17H,5H2. The molecule has 0 radical (unpaired) electrons. The molecule has 17 heavy (non-hydrogen) atoms. The fourth-order valence-corrected chi connectivity index (χ4v) is 1.83. The maximum Gasteiger partial charge on any atom is 0.141 e. The van der Waals surface area contributed by atoms with Crippen LogP contribution in [0.5, 0.6) is 0 Å². The summed E-state index contributed by atoms with van der Waals surface area (Å²) >= 11 is 5.85. The summed E-state index contributed by atoms with van der Waals surface area (Å²) in [5.41, 5.74) is 1.36. The van der Waals surface area contributed by atoms with Gasteiger partial charge in [-0.1, -0.05) is 23.7 Å². The monoisotopic (exact) mass is 251 g/mol. The molecule has 88 valence electrons. The Labute approximate surface area is 104 Å². The third-order valence-electron chi connectivity index (χ3n) is 2.43. The summed E-state index contributed by atoms with van der Waals surface area (Å²) in [6.07, 6.45) is 2.16. The molecule has 2 aromatic rings. The van der Waals surface area contributed by atoms with Crippen molar-refractivity contribution in [1.82, 2.24) is 4.98 Å². The van der Waals surface area contributed by atoms with Crippen molar-refractivity contribution in [1.29, 1.82) is 0 Å². The quantitative estimate of drug-likeness (QED) is 0.909. The van der Waals surface area contributed by atoms with E-state index in [0.29, 0.717) is 17.0 Å². The van der Waals surface area contributed by atoms with Crippen LogP contribution in [0.3, 0.4) is 0 Å². The van der Waals surface area contributed by atoms with Gasteiger partial charge in [0.05, 0.1) is 12.3 Å². The van der Waals surface area contributed by atoms with Gasteiger partial charge in [-0.05, 0) is 23.8 Å². The molecule has 0 aliphatic heterocycles. The Balaban J connectivity index is 2.14. The van der Waals surface area contributed by atoms with Crippen LogP contribution < -0.4 is 0 Å². The van der Waals surface area contributed by atoms with Crippen molar-refractivity contribution in [3.05, 3.63) is 64.7 Å². The van der Waals surface area contributed by atoms with Gasteiger partial charge in [-0.3, -0.25) is 4.98 Å².